The van der Waals surface area contributed by atoms with Crippen molar-refractivity contribution in [2.45, 2.75) is 51.2 Å². The Hall–Kier alpha value is -0.950. The van der Waals surface area contributed by atoms with Crippen LogP contribution in [-0.2, 0) is 6.54 Å². The lowest BCUT2D eigenvalue weighted by Crippen LogP contribution is -2.40. The predicted octanol–water partition coefficient (Wildman–Crippen LogP) is 3.89. The number of thioether (sulfide) groups is 1. The van der Waals surface area contributed by atoms with Gasteiger partial charge in [-0.1, -0.05) is 31.7 Å². The molecule has 30 heavy (non-hydrogen) atoms. The molecule has 6 heteroatoms. The van der Waals surface area contributed by atoms with E-state index < -0.39 is 6.10 Å². The number of methoxy groups -OCH3 is 1. The molecule has 2 aliphatic rings. The van der Waals surface area contributed by atoms with E-state index in [1.54, 1.807) is 7.11 Å². The van der Waals surface area contributed by atoms with Gasteiger partial charge in [0.1, 0.15) is 12.7 Å². The number of β-amino-alcohol motifs (C(OH)–C–C–N with tert-alkyl or cyclic N) is 1. The fourth-order valence-electron chi connectivity index (χ4n) is 4.59. The number of hydrogen-bond donors (Lipinski definition) is 1. The van der Waals surface area contributed by atoms with Crippen molar-refractivity contribution in [3.8, 4) is 11.5 Å². The quantitative estimate of drug-likeness (QED) is 0.536. The summed E-state index contributed by atoms with van der Waals surface area (Å²) >= 11 is 1.98. The minimum atomic E-state index is -0.483. The molecule has 0 aromatic heterocycles. The highest BCUT2D eigenvalue weighted by Crippen LogP contribution is 2.30. The molecule has 1 atom stereocenters. The van der Waals surface area contributed by atoms with Crippen molar-refractivity contribution in [2.75, 3.05) is 58.4 Å². The van der Waals surface area contributed by atoms with Gasteiger partial charge in [-0.3, -0.25) is 4.90 Å². The summed E-state index contributed by atoms with van der Waals surface area (Å²) in [5, 5.41) is 10.3. The Labute approximate surface area is 187 Å². The first kappa shape index (κ1) is 23.7. The van der Waals surface area contributed by atoms with Crippen LogP contribution in [0.2, 0.25) is 0 Å². The highest BCUT2D eigenvalue weighted by Gasteiger charge is 2.17. The minimum absolute atomic E-state index is 0.292. The van der Waals surface area contributed by atoms with Crippen LogP contribution in [-0.4, -0.2) is 79.5 Å². The van der Waals surface area contributed by atoms with Crippen molar-refractivity contribution in [1.29, 1.82) is 0 Å². The zero-order chi connectivity index (χ0) is 21.2. The van der Waals surface area contributed by atoms with E-state index in [1.165, 1.54) is 44.1 Å². The topological polar surface area (TPSA) is 45.2 Å². The Morgan fingerprint density at radius 3 is 2.70 bits per heavy atom. The number of hydrogen-bond acceptors (Lipinski definition) is 6. The van der Waals surface area contributed by atoms with E-state index >= 15 is 0 Å². The summed E-state index contributed by atoms with van der Waals surface area (Å²) < 4.78 is 11.5. The molecule has 2 fully saturated rings. The van der Waals surface area contributed by atoms with Crippen LogP contribution in [0.15, 0.2) is 18.2 Å². The Kier molecular flexibility index (Phi) is 10.1. The molecule has 3 rings (SSSR count). The maximum absolute atomic E-state index is 10.3. The number of aliphatic hydroxyl groups excluding tert-OH is 1. The monoisotopic (exact) mass is 436 g/mol. The molecular weight excluding hydrogens is 396 g/mol. The molecule has 1 aliphatic carbocycles. The minimum Gasteiger partial charge on any atom is -0.493 e. The van der Waals surface area contributed by atoms with Crippen molar-refractivity contribution in [3.05, 3.63) is 23.8 Å². The van der Waals surface area contributed by atoms with E-state index in [9.17, 15) is 5.11 Å². The molecule has 0 spiro atoms. The molecule has 5 nitrogen and oxygen atoms in total. The van der Waals surface area contributed by atoms with Crippen LogP contribution in [0.3, 0.4) is 0 Å². The van der Waals surface area contributed by atoms with E-state index in [2.05, 4.69) is 29.0 Å². The van der Waals surface area contributed by atoms with Crippen LogP contribution < -0.4 is 9.47 Å². The third kappa shape index (κ3) is 7.95. The predicted molar refractivity (Wildman–Crippen MR) is 126 cm³/mol. The summed E-state index contributed by atoms with van der Waals surface area (Å²) in [7, 11) is 3.88. The van der Waals surface area contributed by atoms with Gasteiger partial charge in [-0.2, -0.15) is 11.8 Å². The Morgan fingerprint density at radius 2 is 1.97 bits per heavy atom. The van der Waals surface area contributed by atoms with Crippen molar-refractivity contribution < 1.29 is 14.6 Å². The first-order valence-electron chi connectivity index (χ1n) is 11.6. The fraction of sp³-hybridized carbons (Fsp3) is 0.750. The zero-order valence-electron chi connectivity index (χ0n) is 18.9. The first-order chi connectivity index (χ1) is 14.6. The molecule has 0 bridgehead atoms. The van der Waals surface area contributed by atoms with Gasteiger partial charge in [-0.05, 0) is 50.0 Å². The molecule has 1 saturated heterocycles. The summed E-state index contributed by atoms with van der Waals surface area (Å²) in [4.78, 5) is 4.71. The number of aliphatic hydroxyl groups is 1. The SMILES string of the molecule is COc1cc(CN(C)CCCC2CCCC2)ccc1OCC(O)CN1CCSCC1. The number of ether oxygens (including phenoxy) is 2. The second-order valence-corrected chi connectivity index (χ2v) is 10.1. The number of benzene rings is 1. The Morgan fingerprint density at radius 1 is 1.20 bits per heavy atom. The summed E-state index contributed by atoms with van der Waals surface area (Å²) in [5.74, 6) is 4.72. The average Bonchev–Trinajstić information content (AvgIpc) is 3.27. The lowest BCUT2D eigenvalue weighted by Gasteiger charge is -2.28. The highest BCUT2D eigenvalue weighted by atomic mass is 32.2. The van der Waals surface area contributed by atoms with Gasteiger partial charge >= 0.3 is 0 Å². The Balaban J connectivity index is 1.41. The first-order valence-corrected chi connectivity index (χ1v) is 12.8. The van der Waals surface area contributed by atoms with Gasteiger partial charge < -0.3 is 19.5 Å². The van der Waals surface area contributed by atoms with Crippen molar-refractivity contribution in [3.63, 3.8) is 0 Å². The van der Waals surface area contributed by atoms with Crippen molar-refractivity contribution in [2.24, 2.45) is 5.92 Å². The smallest absolute Gasteiger partial charge is 0.161 e. The summed E-state index contributed by atoms with van der Waals surface area (Å²) in [6, 6.07) is 6.15. The van der Waals surface area contributed by atoms with Crippen LogP contribution in [0.25, 0.3) is 0 Å². The maximum atomic E-state index is 10.3. The van der Waals surface area contributed by atoms with Gasteiger partial charge in [0.15, 0.2) is 11.5 Å². The summed E-state index contributed by atoms with van der Waals surface area (Å²) in [5.41, 5.74) is 1.23. The molecule has 0 amide bonds. The van der Waals surface area contributed by atoms with E-state index in [0.717, 1.165) is 49.4 Å². The normalized spacial score (nSPS) is 19.3. The van der Waals surface area contributed by atoms with Gasteiger partial charge in [0.25, 0.3) is 0 Å². The second-order valence-electron chi connectivity index (χ2n) is 8.89. The van der Waals surface area contributed by atoms with E-state index in [0.29, 0.717) is 18.9 Å². The van der Waals surface area contributed by atoms with Crippen LogP contribution in [0.1, 0.15) is 44.1 Å². The average molecular weight is 437 g/mol. The molecule has 170 valence electrons. The molecule has 1 heterocycles. The van der Waals surface area contributed by atoms with Gasteiger partial charge in [-0.15, -0.1) is 0 Å². The number of nitrogens with zero attached hydrogens (tertiary/aromatic N) is 2. The highest BCUT2D eigenvalue weighted by molar-refractivity contribution is 7.99. The summed E-state index contributed by atoms with van der Waals surface area (Å²) in [6.07, 6.45) is 7.92. The van der Waals surface area contributed by atoms with E-state index in [4.69, 9.17) is 9.47 Å². The van der Waals surface area contributed by atoms with Gasteiger partial charge in [0, 0.05) is 37.7 Å². The molecular formula is C24H40N2O3S. The van der Waals surface area contributed by atoms with Gasteiger partial charge in [-0.25, -0.2) is 0 Å². The van der Waals surface area contributed by atoms with Crippen LogP contribution in [0.4, 0.5) is 0 Å². The fourth-order valence-corrected chi connectivity index (χ4v) is 5.57. The summed E-state index contributed by atoms with van der Waals surface area (Å²) in [6.45, 7) is 5.12. The van der Waals surface area contributed by atoms with Crippen LogP contribution >= 0.6 is 11.8 Å². The molecule has 0 radical (unpaired) electrons. The van der Waals surface area contributed by atoms with Crippen LogP contribution in [0.5, 0.6) is 11.5 Å². The van der Waals surface area contributed by atoms with Crippen molar-refractivity contribution >= 4 is 11.8 Å². The molecule has 1 N–H and O–H groups in total. The molecule has 1 aromatic carbocycles. The van der Waals surface area contributed by atoms with Gasteiger partial charge in [0.05, 0.1) is 7.11 Å². The molecule has 1 aromatic rings. The lowest BCUT2D eigenvalue weighted by molar-refractivity contribution is 0.0704. The van der Waals surface area contributed by atoms with Gasteiger partial charge in [0.2, 0.25) is 0 Å². The third-order valence-corrected chi connectivity index (χ3v) is 7.25. The number of rotatable bonds is 12. The second kappa shape index (κ2) is 12.8. The Bertz CT molecular complexity index is 618. The molecule has 1 aliphatic heterocycles. The molecule has 1 saturated carbocycles. The largest absolute Gasteiger partial charge is 0.493 e. The maximum Gasteiger partial charge on any atom is 0.161 e. The third-order valence-electron chi connectivity index (χ3n) is 6.31. The van der Waals surface area contributed by atoms with E-state index in [1.807, 2.05) is 17.8 Å². The van der Waals surface area contributed by atoms with Crippen LogP contribution in [0, 0.1) is 5.92 Å². The lowest BCUT2D eigenvalue weighted by atomic mass is 10.0. The molecule has 1 unspecified atom stereocenters. The zero-order valence-corrected chi connectivity index (χ0v) is 19.7. The van der Waals surface area contributed by atoms with Crippen molar-refractivity contribution in [1.82, 2.24) is 9.80 Å². The standard InChI is InChI=1S/C24H40N2O3S/c1-25(11-5-8-20-6-3-4-7-20)17-21-9-10-23(24(16-21)28-2)29-19-22(27)18-26-12-14-30-15-13-26/h9-10,16,20,22,27H,3-8,11-15,17-19H2,1-2H3. The van der Waals surface area contributed by atoms with E-state index in [-0.39, 0.29) is 0 Å².